The summed E-state index contributed by atoms with van der Waals surface area (Å²) < 4.78 is 5.39. The molecule has 1 N–H and O–H groups in total. The van der Waals surface area contributed by atoms with Crippen LogP contribution in [0.15, 0.2) is 17.2 Å². The lowest BCUT2D eigenvalue weighted by atomic mass is 10.0. The number of rotatable bonds is 9. The fourth-order valence-corrected chi connectivity index (χ4v) is 3.93. The van der Waals surface area contributed by atoms with Gasteiger partial charge in [-0.2, -0.15) is 17.7 Å². The van der Waals surface area contributed by atoms with Crippen molar-refractivity contribution in [3.8, 4) is 5.75 Å². The molecule has 1 aliphatic carbocycles. The second-order valence-corrected chi connectivity index (χ2v) is 10.1. The van der Waals surface area contributed by atoms with E-state index in [1.165, 1.54) is 0 Å². The molecule has 1 saturated heterocycles. The predicted octanol–water partition coefficient (Wildman–Crippen LogP) is 2.63. The maximum absolute atomic E-state index is 12.0. The van der Waals surface area contributed by atoms with Crippen molar-refractivity contribution in [3.63, 3.8) is 0 Å². The molecule has 2 aliphatic rings. The molecular formula is C23H29N3O6S. The van der Waals surface area contributed by atoms with Gasteiger partial charge in [-0.25, -0.2) is 10.2 Å². The minimum absolute atomic E-state index is 0.0284. The van der Waals surface area contributed by atoms with Gasteiger partial charge in [0.05, 0.1) is 18.7 Å². The van der Waals surface area contributed by atoms with Crippen molar-refractivity contribution in [3.05, 3.63) is 28.8 Å². The number of hydrogen-bond acceptors (Lipinski definition) is 8. The van der Waals surface area contributed by atoms with Crippen LogP contribution in [0.1, 0.15) is 69.1 Å². The van der Waals surface area contributed by atoms with Crippen LogP contribution in [0.25, 0.3) is 0 Å². The van der Waals surface area contributed by atoms with Crippen molar-refractivity contribution in [2.45, 2.75) is 70.5 Å². The van der Waals surface area contributed by atoms with E-state index in [-0.39, 0.29) is 38.2 Å². The molecular weight excluding hydrogens is 446 g/mol. The largest absolute Gasteiger partial charge is 0.494 e. The molecule has 1 aliphatic heterocycles. The smallest absolute Gasteiger partial charge is 0.333 e. The van der Waals surface area contributed by atoms with Gasteiger partial charge in [0.1, 0.15) is 5.75 Å². The van der Waals surface area contributed by atoms with Gasteiger partial charge < -0.3 is 9.57 Å². The number of hydroxylamine groups is 2. The van der Waals surface area contributed by atoms with Crippen molar-refractivity contribution < 1.29 is 28.8 Å². The van der Waals surface area contributed by atoms with Crippen molar-refractivity contribution in [1.82, 2.24) is 10.5 Å². The highest BCUT2D eigenvalue weighted by Crippen LogP contribution is 2.30. The second kappa shape index (κ2) is 10.4. The number of ether oxygens (including phenoxy) is 1. The van der Waals surface area contributed by atoms with Crippen LogP contribution in [0, 0.1) is 6.92 Å². The average Bonchev–Trinajstić information content (AvgIpc) is 3.27. The third-order valence-electron chi connectivity index (χ3n) is 5.21. The van der Waals surface area contributed by atoms with E-state index in [2.05, 4.69) is 23.2 Å². The number of thiol groups is 1. The fourth-order valence-electron chi connectivity index (χ4n) is 3.78. The molecule has 0 saturated carbocycles. The third kappa shape index (κ3) is 6.80. The number of nitrogens with one attached hydrogen (secondary N) is 1. The summed E-state index contributed by atoms with van der Waals surface area (Å²) in [6, 6.07) is 3.85. The molecule has 1 aromatic carbocycles. The SMILES string of the molecule is Cc1cc(OCCCC(=O)ON2C(=O)CCC2=O)cc2c1/C(=N/NC(=O)CC(C)(C)S)CC2. The Morgan fingerprint density at radius 1 is 1.15 bits per heavy atom. The number of hydrazone groups is 1. The van der Waals surface area contributed by atoms with E-state index in [1.807, 2.05) is 32.9 Å². The first-order valence-corrected chi connectivity index (χ1v) is 11.4. The van der Waals surface area contributed by atoms with Crippen LogP contribution in [-0.4, -0.2) is 45.8 Å². The summed E-state index contributed by atoms with van der Waals surface area (Å²) in [6.07, 6.45) is 2.34. The molecule has 0 aromatic heterocycles. The zero-order valence-electron chi connectivity index (χ0n) is 19.1. The predicted molar refractivity (Wildman–Crippen MR) is 124 cm³/mol. The van der Waals surface area contributed by atoms with Gasteiger partial charge >= 0.3 is 5.97 Å². The first-order chi connectivity index (χ1) is 15.5. The summed E-state index contributed by atoms with van der Waals surface area (Å²) in [7, 11) is 0. The van der Waals surface area contributed by atoms with Crippen LogP contribution in [0.5, 0.6) is 5.75 Å². The van der Waals surface area contributed by atoms with E-state index >= 15 is 0 Å². The highest BCUT2D eigenvalue weighted by Gasteiger charge is 2.32. The number of amides is 3. The van der Waals surface area contributed by atoms with Crippen molar-refractivity contribution in [1.29, 1.82) is 0 Å². The van der Waals surface area contributed by atoms with Crippen LogP contribution in [-0.2, 0) is 30.4 Å². The van der Waals surface area contributed by atoms with E-state index in [9.17, 15) is 19.2 Å². The van der Waals surface area contributed by atoms with Gasteiger partial charge in [0.2, 0.25) is 5.91 Å². The first-order valence-electron chi connectivity index (χ1n) is 10.9. The second-order valence-electron chi connectivity index (χ2n) is 8.85. The lowest BCUT2D eigenvalue weighted by Crippen LogP contribution is -2.32. The maximum Gasteiger partial charge on any atom is 0.333 e. The molecule has 9 nitrogen and oxygen atoms in total. The summed E-state index contributed by atoms with van der Waals surface area (Å²) in [5.74, 6) is -1.12. The number of nitrogens with zero attached hydrogens (tertiary/aromatic N) is 2. The summed E-state index contributed by atoms with van der Waals surface area (Å²) in [4.78, 5) is 51.7. The number of fused-ring (bicyclic) bond motifs is 1. The number of hydrogen-bond donors (Lipinski definition) is 2. The fraction of sp³-hybridized carbons (Fsp3) is 0.522. The summed E-state index contributed by atoms with van der Waals surface area (Å²) in [5, 5.41) is 4.88. The molecule has 10 heteroatoms. The van der Waals surface area contributed by atoms with Gasteiger partial charge in [-0.1, -0.05) is 13.8 Å². The summed E-state index contributed by atoms with van der Waals surface area (Å²) in [6.45, 7) is 5.99. The minimum Gasteiger partial charge on any atom is -0.494 e. The standard InChI is InChI=1S/C23H29N3O6S/c1-14-11-16(31-10-4-5-21(30)32-26-19(28)8-9-20(26)29)12-15-6-7-17(22(14)15)24-25-18(27)13-23(2,3)33/h11-12,33H,4-10,13H2,1-3H3,(H,25,27)/b24-17+. The normalized spacial score (nSPS) is 16.8. The Morgan fingerprint density at radius 3 is 2.52 bits per heavy atom. The Morgan fingerprint density at radius 2 is 1.85 bits per heavy atom. The highest BCUT2D eigenvalue weighted by molar-refractivity contribution is 7.81. The quantitative estimate of drug-likeness (QED) is 0.246. The zero-order valence-corrected chi connectivity index (χ0v) is 20.0. The molecule has 0 bridgehead atoms. The number of carbonyl (C=O) groups is 4. The molecule has 1 heterocycles. The molecule has 3 amide bonds. The summed E-state index contributed by atoms with van der Waals surface area (Å²) >= 11 is 4.37. The van der Waals surface area contributed by atoms with Gasteiger partial charge in [-0.15, -0.1) is 5.06 Å². The van der Waals surface area contributed by atoms with Crippen molar-refractivity contribution in [2.75, 3.05) is 6.61 Å². The number of benzene rings is 1. The number of aryl methyl sites for hydroxylation is 2. The Balaban J connectivity index is 1.50. The Labute approximate surface area is 198 Å². The Hall–Kier alpha value is -2.88. The zero-order chi connectivity index (χ0) is 24.2. The van der Waals surface area contributed by atoms with Crippen LogP contribution in [0.3, 0.4) is 0 Å². The lowest BCUT2D eigenvalue weighted by Gasteiger charge is -2.15. The van der Waals surface area contributed by atoms with Crippen molar-refractivity contribution in [2.24, 2.45) is 5.10 Å². The molecule has 33 heavy (non-hydrogen) atoms. The summed E-state index contributed by atoms with van der Waals surface area (Å²) in [5.41, 5.74) is 6.58. The van der Waals surface area contributed by atoms with E-state index in [1.54, 1.807) is 0 Å². The topological polar surface area (TPSA) is 114 Å². The molecule has 0 atom stereocenters. The van der Waals surface area contributed by atoms with Gasteiger partial charge in [-0.3, -0.25) is 14.4 Å². The van der Waals surface area contributed by atoms with Crippen LogP contribution < -0.4 is 10.2 Å². The molecule has 0 spiro atoms. The van der Waals surface area contributed by atoms with Gasteiger partial charge in [0, 0.05) is 29.6 Å². The minimum atomic E-state index is -0.642. The highest BCUT2D eigenvalue weighted by atomic mass is 32.1. The van der Waals surface area contributed by atoms with Crippen LogP contribution >= 0.6 is 12.6 Å². The van der Waals surface area contributed by atoms with E-state index < -0.39 is 22.5 Å². The molecule has 0 unspecified atom stereocenters. The molecule has 178 valence electrons. The molecule has 0 radical (unpaired) electrons. The first kappa shape index (κ1) is 24.8. The van der Waals surface area contributed by atoms with Crippen molar-refractivity contribution >= 4 is 42.0 Å². The van der Waals surface area contributed by atoms with E-state index in [0.29, 0.717) is 17.2 Å². The molecule has 1 aromatic rings. The Bertz CT molecular complexity index is 983. The van der Waals surface area contributed by atoms with Crippen LogP contribution in [0.4, 0.5) is 0 Å². The number of carbonyl (C=O) groups excluding carboxylic acids is 4. The number of imide groups is 1. The Kier molecular flexibility index (Phi) is 7.78. The monoisotopic (exact) mass is 475 g/mol. The van der Waals surface area contributed by atoms with Gasteiger partial charge in [0.25, 0.3) is 11.8 Å². The van der Waals surface area contributed by atoms with Gasteiger partial charge in [0.15, 0.2) is 0 Å². The maximum atomic E-state index is 12.0. The lowest BCUT2D eigenvalue weighted by molar-refractivity contribution is -0.197. The molecule has 1 fully saturated rings. The van der Waals surface area contributed by atoms with E-state index in [0.717, 1.165) is 35.2 Å². The van der Waals surface area contributed by atoms with Crippen LogP contribution in [0.2, 0.25) is 0 Å². The van der Waals surface area contributed by atoms with E-state index in [4.69, 9.17) is 9.57 Å². The molecule has 3 rings (SSSR count). The average molecular weight is 476 g/mol. The third-order valence-corrected chi connectivity index (χ3v) is 5.37. The van der Waals surface area contributed by atoms with Gasteiger partial charge in [-0.05, 0) is 49.4 Å².